The van der Waals surface area contributed by atoms with E-state index in [1.807, 2.05) is 18.2 Å². The minimum absolute atomic E-state index is 0.0943. The van der Waals surface area contributed by atoms with Gasteiger partial charge in [0.05, 0.1) is 23.3 Å². The second-order valence-corrected chi connectivity index (χ2v) is 9.47. The molecule has 0 aliphatic carbocycles. The van der Waals surface area contributed by atoms with Crippen LogP contribution in [0.4, 0.5) is 19.0 Å². The molecule has 2 aromatic carbocycles. The van der Waals surface area contributed by atoms with Crippen molar-refractivity contribution in [2.75, 3.05) is 25.0 Å². The van der Waals surface area contributed by atoms with Crippen LogP contribution in [-0.2, 0) is 19.1 Å². The molecule has 2 aromatic heterocycles. The number of pyridine rings is 1. The average Bonchev–Trinajstić information content (AvgIpc) is 3.17. The van der Waals surface area contributed by atoms with Gasteiger partial charge in [-0.2, -0.15) is 13.2 Å². The third kappa shape index (κ3) is 6.25. The Morgan fingerprint density at radius 3 is 2.41 bits per heavy atom. The van der Waals surface area contributed by atoms with E-state index in [0.29, 0.717) is 35.8 Å². The Hall–Kier alpha value is -3.52. The highest BCUT2D eigenvalue weighted by Gasteiger charge is 2.34. The summed E-state index contributed by atoms with van der Waals surface area (Å²) in [4.78, 5) is 16.1. The number of fused-ring (bicyclic) bond motifs is 1. The van der Waals surface area contributed by atoms with Crippen LogP contribution in [0.15, 0.2) is 66.9 Å². The molecule has 4 aromatic rings. The van der Waals surface area contributed by atoms with E-state index in [-0.39, 0.29) is 5.69 Å². The summed E-state index contributed by atoms with van der Waals surface area (Å²) in [6.07, 6.45) is 2.49. The molecule has 0 amide bonds. The molecule has 1 N–H and O–H groups in total. The Kier molecular flexibility index (Phi) is 7.65. The van der Waals surface area contributed by atoms with Gasteiger partial charge in [0.2, 0.25) is 0 Å². The molecule has 0 spiro atoms. The van der Waals surface area contributed by atoms with Crippen molar-refractivity contribution in [3.63, 3.8) is 0 Å². The molecule has 0 unspecified atom stereocenters. The lowest BCUT2D eigenvalue weighted by Gasteiger charge is -2.20. The molecule has 1 aliphatic heterocycles. The maximum absolute atomic E-state index is 13.7. The second-order valence-electron chi connectivity index (χ2n) is 9.47. The zero-order valence-corrected chi connectivity index (χ0v) is 20.6. The number of nitrogens with zero attached hydrogens (tertiary/aromatic N) is 4. The molecule has 37 heavy (non-hydrogen) atoms. The standard InChI is InChI=1S/C29H30F3N5/c30-29(31,32)24-11-8-15-33-27(24)22-12-13-23-25(19-22)35-26(20-37-17-6-1-2-7-18-37)36-28(23)34-16-14-21-9-4-3-5-10-21/h3-5,8-13,15,19H,1-2,6-7,14,16-18,20H2,(H,34,35,36). The van der Waals surface area contributed by atoms with Gasteiger partial charge in [0.25, 0.3) is 0 Å². The van der Waals surface area contributed by atoms with Crippen LogP contribution in [0.5, 0.6) is 0 Å². The first-order valence-electron chi connectivity index (χ1n) is 12.8. The summed E-state index contributed by atoms with van der Waals surface area (Å²) in [7, 11) is 0. The molecule has 8 heteroatoms. The Labute approximate surface area is 214 Å². The first kappa shape index (κ1) is 25.1. The molecule has 0 radical (unpaired) electrons. The number of rotatable bonds is 7. The molecule has 5 nitrogen and oxygen atoms in total. The summed E-state index contributed by atoms with van der Waals surface area (Å²) >= 11 is 0. The van der Waals surface area contributed by atoms with Gasteiger partial charge in [-0.3, -0.25) is 9.88 Å². The average molecular weight is 506 g/mol. The second kappa shape index (κ2) is 11.3. The lowest BCUT2D eigenvalue weighted by Crippen LogP contribution is -2.25. The molecule has 1 fully saturated rings. The summed E-state index contributed by atoms with van der Waals surface area (Å²) in [5.74, 6) is 1.38. The highest BCUT2D eigenvalue weighted by Crippen LogP contribution is 2.36. The summed E-state index contributed by atoms with van der Waals surface area (Å²) in [5.41, 5.74) is 1.36. The zero-order valence-electron chi connectivity index (χ0n) is 20.6. The molecule has 1 aliphatic rings. The number of hydrogen-bond acceptors (Lipinski definition) is 5. The highest BCUT2D eigenvalue weighted by molar-refractivity contribution is 5.92. The summed E-state index contributed by atoms with van der Waals surface area (Å²) in [5, 5.41) is 4.23. The van der Waals surface area contributed by atoms with Crippen LogP contribution in [0.3, 0.4) is 0 Å². The van der Waals surface area contributed by atoms with Gasteiger partial charge in [-0.15, -0.1) is 0 Å². The smallest absolute Gasteiger partial charge is 0.369 e. The van der Waals surface area contributed by atoms with Gasteiger partial charge in [-0.1, -0.05) is 49.2 Å². The molecule has 0 saturated carbocycles. The predicted molar refractivity (Wildman–Crippen MR) is 140 cm³/mol. The fraction of sp³-hybridized carbons (Fsp3) is 0.345. The molecular formula is C29H30F3N5. The lowest BCUT2D eigenvalue weighted by molar-refractivity contribution is -0.137. The molecule has 192 valence electrons. The number of anilines is 1. The van der Waals surface area contributed by atoms with E-state index in [1.165, 1.54) is 30.7 Å². The van der Waals surface area contributed by atoms with Crippen molar-refractivity contribution in [3.8, 4) is 11.3 Å². The predicted octanol–water partition coefficient (Wildman–Crippen LogP) is 6.74. The van der Waals surface area contributed by atoms with Crippen LogP contribution < -0.4 is 5.32 Å². The third-order valence-electron chi connectivity index (χ3n) is 6.74. The fourth-order valence-corrected chi connectivity index (χ4v) is 4.86. The zero-order chi connectivity index (χ0) is 25.7. The first-order valence-corrected chi connectivity index (χ1v) is 12.8. The monoisotopic (exact) mass is 505 g/mol. The molecular weight excluding hydrogens is 475 g/mol. The van der Waals surface area contributed by atoms with E-state index in [9.17, 15) is 13.2 Å². The van der Waals surface area contributed by atoms with Crippen molar-refractivity contribution in [1.29, 1.82) is 0 Å². The molecule has 1 saturated heterocycles. The minimum atomic E-state index is -4.49. The van der Waals surface area contributed by atoms with E-state index in [4.69, 9.17) is 9.97 Å². The van der Waals surface area contributed by atoms with Gasteiger partial charge in [0.1, 0.15) is 11.6 Å². The molecule has 5 rings (SSSR count). The van der Waals surface area contributed by atoms with Crippen molar-refractivity contribution in [3.05, 3.63) is 83.8 Å². The van der Waals surface area contributed by atoms with Crippen LogP contribution in [-0.4, -0.2) is 39.5 Å². The van der Waals surface area contributed by atoms with E-state index < -0.39 is 11.7 Å². The third-order valence-corrected chi connectivity index (χ3v) is 6.74. The first-order chi connectivity index (χ1) is 18.0. The Balaban J connectivity index is 1.50. The number of nitrogens with one attached hydrogen (secondary N) is 1. The van der Waals surface area contributed by atoms with Crippen LogP contribution in [0, 0.1) is 0 Å². The normalized spacial score (nSPS) is 15.0. The summed E-state index contributed by atoms with van der Waals surface area (Å²) in [6, 6.07) is 17.7. The van der Waals surface area contributed by atoms with Crippen LogP contribution in [0.25, 0.3) is 22.2 Å². The van der Waals surface area contributed by atoms with E-state index in [2.05, 4.69) is 27.3 Å². The van der Waals surface area contributed by atoms with Crippen LogP contribution in [0.1, 0.15) is 42.6 Å². The maximum Gasteiger partial charge on any atom is 0.418 e. The summed E-state index contributed by atoms with van der Waals surface area (Å²) < 4.78 is 41.0. The number of aromatic nitrogens is 3. The Bertz CT molecular complexity index is 1330. The van der Waals surface area contributed by atoms with Crippen molar-refractivity contribution in [2.45, 2.75) is 44.8 Å². The number of halogens is 3. The van der Waals surface area contributed by atoms with Crippen molar-refractivity contribution in [1.82, 2.24) is 19.9 Å². The molecule has 0 atom stereocenters. The van der Waals surface area contributed by atoms with Gasteiger partial charge in [0.15, 0.2) is 0 Å². The van der Waals surface area contributed by atoms with E-state index >= 15 is 0 Å². The quantitative estimate of drug-likeness (QED) is 0.301. The molecule has 0 bridgehead atoms. The van der Waals surface area contributed by atoms with E-state index in [1.54, 1.807) is 18.2 Å². The number of benzene rings is 2. The van der Waals surface area contributed by atoms with Gasteiger partial charge < -0.3 is 5.32 Å². The molecule has 3 heterocycles. The Morgan fingerprint density at radius 2 is 1.65 bits per heavy atom. The largest absolute Gasteiger partial charge is 0.418 e. The van der Waals surface area contributed by atoms with Gasteiger partial charge in [0, 0.05) is 23.7 Å². The summed E-state index contributed by atoms with van der Waals surface area (Å²) in [6.45, 7) is 3.30. The Morgan fingerprint density at radius 1 is 0.865 bits per heavy atom. The van der Waals surface area contributed by atoms with Gasteiger partial charge in [-0.25, -0.2) is 9.97 Å². The van der Waals surface area contributed by atoms with Crippen molar-refractivity contribution in [2.24, 2.45) is 0 Å². The highest BCUT2D eigenvalue weighted by atomic mass is 19.4. The van der Waals surface area contributed by atoms with Gasteiger partial charge >= 0.3 is 6.18 Å². The van der Waals surface area contributed by atoms with E-state index in [0.717, 1.165) is 43.8 Å². The maximum atomic E-state index is 13.7. The SMILES string of the molecule is FC(F)(F)c1cccnc1-c1ccc2c(NCCc3ccccc3)nc(CN3CCCCCC3)nc2c1. The van der Waals surface area contributed by atoms with Crippen LogP contribution in [0.2, 0.25) is 0 Å². The minimum Gasteiger partial charge on any atom is -0.369 e. The van der Waals surface area contributed by atoms with Crippen molar-refractivity contribution < 1.29 is 13.2 Å². The van der Waals surface area contributed by atoms with Crippen LogP contribution >= 0.6 is 0 Å². The topological polar surface area (TPSA) is 53.9 Å². The fourth-order valence-electron chi connectivity index (χ4n) is 4.86. The number of likely N-dealkylation sites (tertiary alicyclic amines) is 1. The number of hydrogen-bond donors (Lipinski definition) is 1. The number of alkyl halides is 3. The van der Waals surface area contributed by atoms with Gasteiger partial charge in [-0.05, 0) is 62.2 Å². The van der Waals surface area contributed by atoms with Crippen molar-refractivity contribution >= 4 is 16.7 Å². The lowest BCUT2D eigenvalue weighted by atomic mass is 10.0.